The number of ether oxygens (including phenoxy) is 1. The molecule has 2 aromatic heterocycles. The van der Waals surface area contributed by atoms with Crippen molar-refractivity contribution in [1.29, 1.82) is 0 Å². The van der Waals surface area contributed by atoms with Crippen molar-refractivity contribution in [3.8, 4) is 28.4 Å². The molecule has 0 saturated heterocycles. The van der Waals surface area contributed by atoms with Gasteiger partial charge in [-0.15, -0.1) is 5.10 Å². The molecule has 0 spiro atoms. The molecule has 46 heavy (non-hydrogen) atoms. The zero-order valence-corrected chi connectivity index (χ0v) is 27.5. The van der Waals surface area contributed by atoms with Crippen LogP contribution in [0.25, 0.3) is 22.6 Å². The van der Waals surface area contributed by atoms with Crippen molar-refractivity contribution in [2.45, 2.75) is 39.5 Å². The van der Waals surface area contributed by atoms with Crippen LogP contribution in [-0.4, -0.2) is 59.0 Å². The molecule has 1 amide bonds. The molecule has 5 rings (SSSR count). The summed E-state index contributed by atoms with van der Waals surface area (Å²) in [7, 11) is -2.20. The Labute approximate surface area is 268 Å². The summed E-state index contributed by atoms with van der Waals surface area (Å²) in [6.07, 6.45) is 5.21. The minimum Gasteiger partial charge on any atom is -0.492 e. The van der Waals surface area contributed by atoms with E-state index in [-0.39, 0.29) is 16.9 Å². The van der Waals surface area contributed by atoms with E-state index >= 15 is 0 Å². The van der Waals surface area contributed by atoms with Gasteiger partial charge >= 0.3 is 0 Å². The lowest BCUT2D eigenvalue weighted by Gasteiger charge is -2.24. The number of anilines is 2. The fraction of sp³-hybridized carbons (Fsp3) is 0.273. The number of aryl methyl sites for hydroxylation is 1. The fourth-order valence-electron chi connectivity index (χ4n) is 5.10. The van der Waals surface area contributed by atoms with Crippen LogP contribution >= 0.6 is 0 Å². The topological polar surface area (TPSA) is 159 Å². The lowest BCUT2D eigenvalue weighted by molar-refractivity contribution is 0.102. The Balaban J connectivity index is 1.48. The molecule has 12 nitrogen and oxygen atoms in total. The number of carbonyl (C=O) groups excluding carboxylic acids is 1. The first-order valence-electron chi connectivity index (χ1n) is 14.7. The van der Waals surface area contributed by atoms with E-state index in [2.05, 4.69) is 25.4 Å². The molecule has 3 aromatic carbocycles. The number of nitrogens with zero attached hydrogens (tertiary/aromatic N) is 5. The Bertz CT molecular complexity index is 1990. The molecular weight excluding hydrogens is 604 g/mol. The van der Waals surface area contributed by atoms with Crippen molar-refractivity contribution in [3.05, 3.63) is 95.4 Å². The normalized spacial score (nSPS) is 11.8. The van der Waals surface area contributed by atoms with Crippen molar-refractivity contribution in [2.24, 2.45) is 5.73 Å². The molecule has 0 aliphatic heterocycles. The third-order valence-corrected chi connectivity index (χ3v) is 8.03. The summed E-state index contributed by atoms with van der Waals surface area (Å²) >= 11 is 0. The van der Waals surface area contributed by atoms with Gasteiger partial charge in [0.15, 0.2) is 5.75 Å². The maximum absolute atomic E-state index is 13.6. The predicted molar refractivity (Wildman–Crippen MR) is 180 cm³/mol. The van der Waals surface area contributed by atoms with E-state index < -0.39 is 15.9 Å². The number of aromatic nitrogens is 5. The number of hydrogen-bond donors (Lipinski definition) is 3. The number of rotatable bonds is 10. The fourth-order valence-corrected chi connectivity index (χ4v) is 5.65. The van der Waals surface area contributed by atoms with Gasteiger partial charge in [-0.25, -0.2) is 17.8 Å². The maximum atomic E-state index is 13.6. The van der Waals surface area contributed by atoms with Crippen molar-refractivity contribution in [3.63, 3.8) is 0 Å². The zero-order chi connectivity index (χ0) is 33.2. The van der Waals surface area contributed by atoms with Crippen LogP contribution in [-0.2, 0) is 21.9 Å². The number of para-hydroxylation sites is 1. The smallest absolute Gasteiger partial charge is 0.255 e. The van der Waals surface area contributed by atoms with Gasteiger partial charge < -0.3 is 15.8 Å². The average molecular weight is 643 g/mol. The highest BCUT2D eigenvalue weighted by Gasteiger charge is 2.23. The minimum atomic E-state index is -3.62. The second-order valence-corrected chi connectivity index (χ2v) is 13.8. The van der Waals surface area contributed by atoms with E-state index in [0.717, 1.165) is 34.3 Å². The van der Waals surface area contributed by atoms with Gasteiger partial charge in [-0.3, -0.25) is 9.52 Å². The van der Waals surface area contributed by atoms with Crippen LogP contribution in [0, 0.1) is 6.92 Å². The Morgan fingerprint density at radius 3 is 2.41 bits per heavy atom. The van der Waals surface area contributed by atoms with Gasteiger partial charge in [0.05, 0.1) is 54.2 Å². The third-order valence-electron chi connectivity index (χ3n) is 7.44. The van der Waals surface area contributed by atoms with E-state index in [4.69, 9.17) is 10.5 Å². The van der Waals surface area contributed by atoms with Crippen LogP contribution in [0.15, 0.2) is 73.1 Å². The molecule has 240 valence electrons. The Hall–Kier alpha value is -5.01. The SMILES string of the molecule is COc1c(NC(=O)c2ccc(C)c(-n3cc(-c4cnn(-c5ccccc5)c4CCN)nn3)c2)cc(C(C)(C)C)cc1NS(C)(=O)=O. The average Bonchev–Trinajstić information content (AvgIpc) is 3.64. The number of methoxy groups -OCH3 is 1. The predicted octanol–water partition coefficient (Wildman–Crippen LogP) is 4.86. The molecule has 0 bridgehead atoms. The summed E-state index contributed by atoms with van der Waals surface area (Å²) in [5.41, 5.74) is 12.2. The van der Waals surface area contributed by atoms with Crippen LogP contribution in [0.3, 0.4) is 0 Å². The first-order valence-corrected chi connectivity index (χ1v) is 16.6. The molecule has 5 aromatic rings. The molecule has 0 aliphatic rings. The van der Waals surface area contributed by atoms with Crippen molar-refractivity contribution < 1.29 is 17.9 Å². The highest BCUT2D eigenvalue weighted by molar-refractivity contribution is 7.92. The molecule has 0 atom stereocenters. The number of sulfonamides is 1. The molecule has 0 fully saturated rings. The lowest BCUT2D eigenvalue weighted by atomic mass is 9.86. The number of carbonyl (C=O) groups is 1. The molecule has 0 saturated carbocycles. The number of nitrogens with two attached hydrogens (primary N) is 1. The largest absolute Gasteiger partial charge is 0.492 e. The Morgan fingerprint density at radius 1 is 1.04 bits per heavy atom. The van der Waals surface area contributed by atoms with Gasteiger partial charge in [-0.2, -0.15) is 5.10 Å². The van der Waals surface area contributed by atoms with Crippen LogP contribution < -0.4 is 20.5 Å². The van der Waals surface area contributed by atoms with Gasteiger partial charge in [0.25, 0.3) is 5.91 Å². The second-order valence-electron chi connectivity index (χ2n) is 12.0. The lowest BCUT2D eigenvalue weighted by Crippen LogP contribution is -2.18. The van der Waals surface area contributed by atoms with Crippen LogP contribution in [0.4, 0.5) is 11.4 Å². The summed E-state index contributed by atoms with van der Waals surface area (Å²) in [6.45, 7) is 8.34. The maximum Gasteiger partial charge on any atom is 0.255 e. The van der Waals surface area contributed by atoms with Crippen molar-refractivity contribution >= 4 is 27.3 Å². The quantitative estimate of drug-likeness (QED) is 0.195. The van der Waals surface area contributed by atoms with Gasteiger partial charge in [0.2, 0.25) is 10.0 Å². The minimum absolute atomic E-state index is 0.198. The zero-order valence-electron chi connectivity index (χ0n) is 26.7. The van der Waals surface area contributed by atoms with Gasteiger partial charge in [-0.1, -0.05) is 50.3 Å². The molecule has 0 radical (unpaired) electrons. The Kier molecular flexibility index (Phi) is 8.99. The van der Waals surface area contributed by atoms with Crippen LogP contribution in [0.5, 0.6) is 5.75 Å². The molecule has 4 N–H and O–H groups in total. The monoisotopic (exact) mass is 642 g/mol. The first kappa shape index (κ1) is 32.4. The van der Waals surface area contributed by atoms with E-state index in [9.17, 15) is 13.2 Å². The van der Waals surface area contributed by atoms with Crippen molar-refractivity contribution in [1.82, 2.24) is 24.8 Å². The van der Waals surface area contributed by atoms with E-state index in [1.165, 1.54) is 7.11 Å². The van der Waals surface area contributed by atoms with Crippen LogP contribution in [0.1, 0.15) is 48.0 Å². The molecular formula is C33H38N8O4S. The van der Waals surface area contributed by atoms with Crippen LogP contribution in [0.2, 0.25) is 0 Å². The summed E-state index contributed by atoms with van der Waals surface area (Å²) in [5, 5.41) is 16.3. The summed E-state index contributed by atoms with van der Waals surface area (Å²) in [4.78, 5) is 13.6. The van der Waals surface area contributed by atoms with Gasteiger partial charge in [-0.05, 0) is 66.4 Å². The first-order chi connectivity index (χ1) is 21.8. The third kappa shape index (κ3) is 6.95. The van der Waals surface area contributed by atoms with Crippen molar-refractivity contribution in [2.75, 3.05) is 29.9 Å². The molecule has 0 aliphatic carbocycles. The standard InChI is InChI=1S/C33H38N8O4S/c1-21-12-13-22(32(42)36-26-17-23(33(2,3)4)18-27(31(26)45-5)38-46(6,43)44)16-30(21)40-20-28(37-39-40)25-19-35-41(29(25)14-15-34)24-10-8-7-9-11-24/h7-13,16-20,38H,14-15,34H2,1-6H3,(H,36,42). The Morgan fingerprint density at radius 2 is 1.76 bits per heavy atom. The van der Waals surface area contributed by atoms with Gasteiger partial charge in [0.1, 0.15) is 5.69 Å². The van der Waals surface area contributed by atoms with E-state index in [1.807, 2.05) is 68.8 Å². The summed E-state index contributed by atoms with van der Waals surface area (Å²) < 4.78 is 35.8. The van der Waals surface area contributed by atoms with E-state index in [0.29, 0.717) is 35.6 Å². The highest BCUT2D eigenvalue weighted by Crippen LogP contribution is 2.39. The molecule has 0 unspecified atom stereocenters. The number of hydrogen-bond acceptors (Lipinski definition) is 8. The highest BCUT2D eigenvalue weighted by atomic mass is 32.2. The summed E-state index contributed by atoms with van der Waals surface area (Å²) in [6, 6.07) is 18.6. The number of benzene rings is 3. The van der Waals surface area contributed by atoms with E-state index in [1.54, 1.807) is 41.3 Å². The molecule has 2 heterocycles. The number of amides is 1. The van der Waals surface area contributed by atoms with Gasteiger partial charge in [0, 0.05) is 17.5 Å². The summed E-state index contributed by atoms with van der Waals surface area (Å²) in [5.74, 6) is -0.213. The number of nitrogens with one attached hydrogen (secondary N) is 2. The second kappa shape index (κ2) is 12.8. The molecule has 13 heteroatoms.